The summed E-state index contributed by atoms with van der Waals surface area (Å²) in [7, 11) is 0. The van der Waals surface area contributed by atoms with Crippen LogP contribution in [0, 0.1) is 5.92 Å². The lowest BCUT2D eigenvalue weighted by Gasteiger charge is -2.34. The van der Waals surface area contributed by atoms with E-state index in [0.29, 0.717) is 5.92 Å². The predicted octanol–water partition coefficient (Wildman–Crippen LogP) is 2.72. The molecule has 2 amide bonds. The summed E-state index contributed by atoms with van der Waals surface area (Å²) >= 11 is 1.71. The topological polar surface area (TPSA) is 62.3 Å². The SMILES string of the molecule is CCc1csc(C2CCCN(C(=O)C(C)NC(=O)C3CCC3)C2)n1. The molecule has 2 atom stereocenters. The minimum absolute atomic E-state index is 0.0413. The zero-order valence-electron chi connectivity index (χ0n) is 14.6. The van der Waals surface area contributed by atoms with Crippen LogP contribution >= 0.6 is 11.3 Å². The van der Waals surface area contributed by atoms with Crippen LogP contribution in [-0.2, 0) is 16.0 Å². The van der Waals surface area contributed by atoms with Gasteiger partial charge in [0.1, 0.15) is 6.04 Å². The third-order valence-electron chi connectivity index (χ3n) is 5.22. The van der Waals surface area contributed by atoms with Gasteiger partial charge in [0.25, 0.3) is 0 Å². The van der Waals surface area contributed by atoms with Gasteiger partial charge in [0, 0.05) is 30.3 Å². The molecule has 1 aromatic rings. The fraction of sp³-hybridized carbons (Fsp3) is 0.722. The lowest BCUT2D eigenvalue weighted by atomic mass is 9.84. The Balaban J connectivity index is 1.56. The number of nitrogens with zero attached hydrogens (tertiary/aromatic N) is 2. The van der Waals surface area contributed by atoms with Crippen molar-refractivity contribution in [1.82, 2.24) is 15.2 Å². The van der Waals surface area contributed by atoms with Crippen molar-refractivity contribution in [2.45, 2.75) is 64.3 Å². The first-order chi connectivity index (χ1) is 11.6. The molecule has 0 radical (unpaired) electrons. The molecule has 5 nitrogen and oxygen atoms in total. The number of rotatable bonds is 5. The minimum Gasteiger partial charge on any atom is -0.344 e. The highest BCUT2D eigenvalue weighted by Gasteiger charge is 2.32. The van der Waals surface area contributed by atoms with Crippen molar-refractivity contribution >= 4 is 23.2 Å². The molecule has 1 aliphatic carbocycles. The molecule has 0 spiro atoms. The summed E-state index contributed by atoms with van der Waals surface area (Å²) in [5.74, 6) is 0.544. The van der Waals surface area contributed by atoms with Crippen molar-refractivity contribution in [1.29, 1.82) is 0 Å². The van der Waals surface area contributed by atoms with Crippen LogP contribution in [-0.4, -0.2) is 40.8 Å². The summed E-state index contributed by atoms with van der Waals surface area (Å²) in [6, 6.07) is -0.431. The van der Waals surface area contributed by atoms with E-state index in [1.807, 2.05) is 4.90 Å². The Hall–Kier alpha value is -1.43. The average Bonchev–Trinajstić information content (AvgIpc) is 3.01. The molecule has 1 saturated heterocycles. The highest BCUT2D eigenvalue weighted by molar-refractivity contribution is 7.09. The maximum Gasteiger partial charge on any atom is 0.244 e. The Morgan fingerprint density at radius 3 is 2.79 bits per heavy atom. The second-order valence-corrected chi connectivity index (χ2v) is 7.90. The Labute approximate surface area is 147 Å². The summed E-state index contributed by atoms with van der Waals surface area (Å²) in [5.41, 5.74) is 1.14. The molecule has 0 aromatic carbocycles. The van der Waals surface area contributed by atoms with Crippen LogP contribution in [0.3, 0.4) is 0 Å². The van der Waals surface area contributed by atoms with Gasteiger partial charge in [-0.2, -0.15) is 0 Å². The lowest BCUT2D eigenvalue weighted by Crippen LogP contribution is -2.51. The maximum absolute atomic E-state index is 12.7. The number of aromatic nitrogens is 1. The second kappa shape index (κ2) is 7.64. The number of aryl methyl sites for hydroxylation is 1. The first-order valence-corrected chi connectivity index (χ1v) is 10.00. The quantitative estimate of drug-likeness (QED) is 0.889. The van der Waals surface area contributed by atoms with Gasteiger partial charge < -0.3 is 10.2 Å². The van der Waals surface area contributed by atoms with E-state index < -0.39 is 6.04 Å². The van der Waals surface area contributed by atoms with E-state index in [-0.39, 0.29) is 17.7 Å². The Bertz CT molecular complexity index is 597. The molecule has 1 saturated carbocycles. The Kier molecular flexibility index (Phi) is 5.54. The molecular formula is C18H27N3O2S. The zero-order valence-corrected chi connectivity index (χ0v) is 15.4. The molecule has 0 bridgehead atoms. The number of likely N-dealkylation sites (tertiary alicyclic amines) is 1. The van der Waals surface area contributed by atoms with Crippen LogP contribution in [0.15, 0.2) is 5.38 Å². The van der Waals surface area contributed by atoms with E-state index in [1.54, 1.807) is 18.3 Å². The molecular weight excluding hydrogens is 322 g/mol. The van der Waals surface area contributed by atoms with Crippen LogP contribution < -0.4 is 5.32 Å². The molecule has 24 heavy (non-hydrogen) atoms. The third kappa shape index (κ3) is 3.79. The van der Waals surface area contributed by atoms with Gasteiger partial charge in [0.2, 0.25) is 11.8 Å². The number of carbonyl (C=O) groups excluding carboxylic acids is 2. The van der Waals surface area contributed by atoms with Gasteiger partial charge in [0.15, 0.2) is 0 Å². The highest BCUT2D eigenvalue weighted by Crippen LogP contribution is 2.30. The number of nitrogens with one attached hydrogen (secondary N) is 1. The second-order valence-electron chi connectivity index (χ2n) is 7.01. The van der Waals surface area contributed by atoms with Gasteiger partial charge in [0.05, 0.1) is 10.7 Å². The molecule has 1 aromatic heterocycles. The normalized spacial score (nSPS) is 22.8. The highest BCUT2D eigenvalue weighted by atomic mass is 32.1. The van der Waals surface area contributed by atoms with Crippen molar-refractivity contribution in [2.24, 2.45) is 5.92 Å². The maximum atomic E-state index is 12.7. The van der Waals surface area contributed by atoms with Crippen LogP contribution in [0.1, 0.15) is 62.6 Å². The van der Waals surface area contributed by atoms with Gasteiger partial charge in [-0.15, -0.1) is 11.3 Å². The first-order valence-electron chi connectivity index (χ1n) is 9.12. The largest absolute Gasteiger partial charge is 0.344 e. The standard InChI is InChI=1S/C18H27N3O2S/c1-3-15-11-24-17(20-15)14-8-5-9-21(10-14)18(23)12(2)19-16(22)13-6-4-7-13/h11-14H,3-10H2,1-2H3,(H,19,22). The van der Waals surface area contributed by atoms with Crippen LogP contribution in [0.5, 0.6) is 0 Å². The van der Waals surface area contributed by atoms with Crippen molar-refractivity contribution in [3.8, 4) is 0 Å². The molecule has 1 aliphatic heterocycles. The molecule has 2 unspecified atom stereocenters. The smallest absolute Gasteiger partial charge is 0.244 e. The van der Waals surface area contributed by atoms with Crippen molar-refractivity contribution in [3.05, 3.63) is 16.1 Å². The Morgan fingerprint density at radius 2 is 2.17 bits per heavy atom. The van der Waals surface area contributed by atoms with E-state index in [0.717, 1.165) is 62.3 Å². The molecule has 132 valence electrons. The minimum atomic E-state index is -0.431. The van der Waals surface area contributed by atoms with Gasteiger partial charge >= 0.3 is 0 Å². The third-order valence-corrected chi connectivity index (χ3v) is 6.28. The summed E-state index contributed by atoms with van der Waals surface area (Å²) < 4.78 is 0. The predicted molar refractivity (Wildman–Crippen MR) is 95.0 cm³/mol. The molecule has 6 heteroatoms. The summed E-state index contributed by atoms with van der Waals surface area (Å²) in [4.78, 5) is 31.4. The number of hydrogen-bond acceptors (Lipinski definition) is 4. The van der Waals surface area contributed by atoms with Crippen molar-refractivity contribution in [2.75, 3.05) is 13.1 Å². The number of thiazole rings is 1. The average molecular weight is 350 g/mol. The van der Waals surface area contributed by atoms with Crippen molar-refractivity contribution < 1.29 is 9.59 Å². The molecule has 2 heterocycles. The first kappa shape index (κ1) is 17.4. The fourth-order valence-electron chi connectivity index (χ4n) is 3.39. The summed E-state index contributed by atoms with van der Waals surface area (Å²) in [6.45, 7) is 5.42. The van der Waals surface area contributed by atoms with Crippen LogP contribution in [0.2, 0.25) is 0 Å². The summed E-state index contributed by atoms with van der Waals surface area (Å²) in [5, 5.41) is 6.17. The fourth-order valence-corrected chi connectivity index (χ4v) is 4.42. The van der Waals surface area contributed by atoms with E-state index in [4.69, 9.17) is 4.98 Å². The molecule has 2 fully saturated rings. The van der Waals surface area contributed by atoms with E-state index >= 15 is 0 Å². The van der Waals surface area contributed by atoms with E-state index in [2.05, 4.69) is 17.6 Å². The van der Waals surface area contributed by atoms with Gasteiger partial charge in [-0.25, -0.2) is 4.98 Å². The lowest BCUT2D eigenvalue weighted by molar-refractivity contribution is -0.138. The van der Waals surface area contributed by atoms with Gasteiger partial charge in [-0.1, -0.05) is 13.3 Å². The molecule has 1 N–H and O–H groups in total. The van der Waals surface area contributed by atoms with E-state index in [9.17, 15) is 9.59 Å². The zero-order chi connectivity index (χ0) is 17.1. The van der Waals surface area contributed by atoms with Crippen LogP contribution in [0.25, 0.3) is 0 Å². The molecule has 2 aliphatic rings. The van der Waals surface area contributed by atoms with Crippen molar-refractivity contribution in [3.63, 3.8) is 0 Å². The number of piperidine rings is 1. The Morgan fingerprint density at radius 1 is 1.38 bits per heavy atom. The number of amides is 2. The monoisotopic (exact) mass is 349 g/mol. The van der Waals surface area contributed by atoms with Gasteiger partial charge in [-0.3, -0.25) is 9.59 Å². The van der Waals surface area contributed by atoms with E-state index in [1.165, 1.54) is 0 Å². The van der Waals surface area contributed by atoms with Crippen LogP contribution in [0.4, 0.5) is 0 Å². The summed E-state index contributed by atoms with van der Waals surface area (Å²) in [6.07, 6.45) is 6.09. The van der Waals surface area contributed by atoms with Gasteiger partial charge in [-0.05, 0) is 39.0 Å². The molecule has 3 rings (SSSR count). The number of carbonyl (C=O) groups is 2. The number of hydrogen-bond donors (Lipinski definition) is 1.